The molecule has 6 rings (SSSR count). The van der Waals surface area contributed by atoms with Gasteiger partial charge in [0.05, 0.1) is 11.4 Å². The van der Waals surface area contributed by atoms with E-state index in [0.29, 0.717) is 80.2 Å². The number of aryl methyl sites for hydroxylation is 1. The number of nitrogens with two attached hydrogens (primary N) is 1. The molecular formula is C36H41F3N8O4. The van der Waals surface area contributed by atoms with Crippen LogP contribution in [0.1, 0.15) is 60.8 Å². The molecule has 4 heterocycles. The number of hydrogen-bond acceptors (Lipinski definition) is 9. The highest BCUT2D eigenvalue weighted by Crippen LogP contribution is 2.43. The van der Waals surface area contributed by atoms with Crippen molar-refractivity contribution in [3.8, 4) is 22.7 Å². The van der Waals surface area contributed by atoms with Crippen molar-refractivity contribution in [1.29, 1.82) is 0 Å². The third-order valence-corrected chi connectivity index (χ3v) is 9.85. The van der Waals surface area contributed by atoms with Crippen LogP contribution in [0.3, 0.4) is 0 Å². The largest absolute Gasteiger partial charge is 0.480 e. The number of anilines is 2. The maximum absolute atomic E-state index is 14.9. The lowest BCUT2D eigenvalue weighted by Gasteiger charge is -2.39. The topological polar surface area (TPSA) is 152 Å². The number of nitrogen functional groups attached to an aromatic ring is 1. The molecule has 2 fully saturated rings. The number of carbonyl (C=O) groups is 2. The Kier molecular flexibility index (Phi) is 9.93. The Morgan fingerprint density at radius 2 is 1.75 bits per heavy atom. The number of nitrogens with zero attached hydrogens (tertiary/aromatic N) is 6. The van der Waals surface area contributed by atoms with Crippen molar-refractivity contribution < 1.29 is 32.6 Å². The van der Waals surface area contributed by atoms with Gasteiger partial charge in [0.25, 0.3) is 5.91 Å². The van der Waals surface area contributed by atoms with Crippen LogP contribution in [-0.4, -0.2) is 86.6 Å². The summed E-state index contributed by atoms with van der Waals surface area (Å²) in [4.78, 5) is 36.2. The molecule has 51 heavy (non-hydrogen) atoms. The van der Waals surface area contributed by atoms with E-state index in [2.05, 4.69) is 20.4 Å². The van der Waals surface area contributed by atoms with Crippen LogP contribution in [0.2, 0.25) is 0 Å². The van der Waals surface area contributed by atoms with Crippen molar-refractivity contribution in [3.05, 3.63) is 77.6 Å². The zero-order valence-electron chi connectivity index (χ0n) is 28.7. The predicted molar refractivity (Wildman–Crippen MR) is 185 cm³/mol. The summed E-state index contributed by atoms with van der Waals surface area (Å²) >= 11 is 0. The summed E-state index contributed by atoms with van der Waals surface area (Å²) in [6, 6.07) is 14.0. The Balaban J connectivity index is 1.29. The molecule has 270 valence electrons. The molecule has 2 aliphatic rings. The van der Waals surface area contributed by atoms with E-state index >= 15 is 0 Å². The maximum Gasteiger partial charge on any atom is 0.429 e. The summed E-state index contributed by atoms with van der Waals surface area (Å²) in [5.41, 5.74) is 8.24. The van der Waals surface area contributed by atoms with E-state index in [1.54, 1.807) is 60.5 Å². The number of alkyl halides is 3. The first-order valence-electron chi connectivity index (χ1n) is 16.9. The number of carbonyl (C=O) groups excluding carboxylic acids is 1. The molecule has 0 radical (unpaired) electrons. The molecule has 2 saturated heterocycles. The molecule has 1 amide bonds. The molecule has 2 aromatic carbocycles. The van der Waals surface area contributed by atoms with Crippen molar-refractivity contribution in [2.24, 2.45) is 5.41 Å². The van der Waals surface area contributed by atoms with Gasteiger partial charge in [0.2, 0.25) is 17.9 Å². The summed E-state index contributed by atoms with van der Waals surface area (Å²) in [5, 5.41) is 16.9. The fourth-order valence-corrected chi connectivity index (χ4v) is 6.95. The summed E-state index contributed by atoms with van der Waals surface area (Å²) in [5.74, 6) is -1.23. The third-order valence-electron chi connectivity index (χ3n) is 9.85. The number of hydrogen-bond donors (Lipinski definition) is 3. The van der Waals surface area contributed by atoms with E-state index in [-0.39, 0.29) is 34.4 Å². The van der Waals surface area contributed by atoms with Crippen LogP contribution >= 0.6 is 0 Å². The van der Waals surface area contributed by atoms with E-state index in [1.807, 2.05) is 18.7 Å². The van der Waals surface area contributed by atoms with Gasteiger partial charge in [-0.15, -0.1) is 0 Å². The van der Waals surface area contributed by atoms with Crippen molar-refractivity contribution in [1.82, 2.24) is 30.0 Å². The fraction of sp³-hybridized carbons (Fsp3) is 0.417. The van der Waals surface area contributed by atoms with E-state index < -0.39 is 24.3 Å². The van der Waals surface area contributed by atoms with Crippen LogP contribution in [0.5, 0.6) is 5.88 Å². The molecule has 1 spiro atoms. The Hall–Kier alpha value is -5.18. The number of amides is 1. The van der Waals surface area contributed by atoms with Crippen molar-refractivity contribution in [2.45, 2.75) is 58.4 Å². The molecule has 2 aliphatic heterocycles. The van der Waals surface area contributed by atoms with Crippen LogP contribution in [0.4, 0.5) is 24.9 Å². The SMILES string of the molecule is CCN(CC)C(=O)c1ccc(-c2ccc(C(Oc3cc(N4CCC5(CC4)CN[C@H](C(=O)O)C5)nc(N)n3)C(F)(F)F)c(-n3ccc(C)n3)c2)cc1. The Bertz CT molecular complexity index is 1890. The molecule has 0 aliphatic carbocycles. The summed E-state index contributed by atoms with van der Waals surface area (Å²) in [6.45, 7) is 8.32. The lowest BCUT2D eigenvalue weighted by Crippen LogP contribution is -2.41. The van der Waals surface area contributed by atoms with Gasteiger partial charge >= 0.3 is 12.1 Å². The van der Waals surface area contributed by atoms with Gasteiger partial charge in [0.15, 0.2) is 0 Å². The monoisotopic (exact) mass is 706 g/mol. The van der Waals surface area contributed by atoms with Crippen LogP contribution in [0.25, 0.3) is 16.8 Å². The molecule has 15 heteroatoms. The molecular weight excluding hydrogens is 665 g/mol. The minimum absolute atomic E-state index is 0.0996. The molecule has 4 N–H and O–H groups in total. The first-order valence-corrected chi connectivity index (χ1v) is 16.9. The van der Waals surface area contributed by atoms with Gasteiger partial charge in [-0.3, -0.25) is 9.59 Å². The van der Waals surface area contributed by atoms with E-state index in [4.69, 9.17) is 10.5 Å². The normalized spacial score (nSPS) is 17.8. The van der Waals surface area contributed by atoms with Crippen molar-refractivity contribution in [2.75, 3.05) is 43.4 Å². The van der Waals surface area contributed by atoms with Crippen molar-refractivity contribution in [3.63, 3.8) is 0 Å². The van der Waals surface area contributed by atoms with Gasteiger partial charge in [-0.25, -0.2) is 4.68 Å². The number of ether oxygens (including phenoxy) is 1. The lowest BCUT2D eigenvalue weighted by molar-refractivity contribution is -0.198. The highest BCUT2D eigenvalue weighted by atomic mass is 19.4. The van der Waals surface area contributed by atoms with E-state index in [0.717, 1.165) is 0 Å². The minimum Gasteiger partial charge on any atom is -0.480 e. The zero-order valence-corrected chi connectivity index (χ0v) is 28.7. The third kappa shape index (κ3) is 7.62. The van der Waals surface area contributed by atoms with Gasteiger partial charge in [-0.1, -0.05) is 24.3 Å². The second-order valence-electron chi connectivity index (χ2n) is 13.2. The maximum atomic E-state index is 14.9. The van der Waals surface area contributed by atoms with Crippen LogP contribution in [-0.2, 0) is 4.79 Å². The number of benzene rings is 2. The number of carboxylic acid groups (broad SMARTS) is 1. The molecule has 2 atom stereocenters. The number of aliphatic carboxylic acids is 1. The smallest absolute Gasteiger partial charge is 0.429 e. The fourth-order valence-electron chi connectivity index (χ4n) is 6.95. The average Bonchev–Trinajstić information content (AvgIpc) is 3.73. The van der Waals surface area contributed by atoms with Crippen LogP contribution in [0, 0.1) is 12.3 Å². The van der Waals surface area contributed by atoms with Crippen LogP contribution in [0.15, 0.2) is 60.8 Å². The molecule has 0 saturated carbocycles. The first kappa shape index (κ1) is 35.6. The zero-order chi connectivity index (χ0) is 36.5. The second kappa shape index (κ2) is 14.2. The summed E-state index contributed by atoms with van der Waals surface area (Å²) < 4.78 is 51.9. The standard InChI is InChI=1S/C36H41F3N8O4/c1-4-45(5-2)32(48)24-8-6-23(7-9-24)25-10-11-26(28(18-25)47-15-12-22(3)44-47)31(36(37,38)39)51-30-19-29(42-34(40)43-30)46-16-13-35(14-17-46)20-27(33(49)50)41-21-35/h6-12,15,18-19,27,31,41H,4-5,13-14,16-17,20-21H2,1-3H3,(H,49,50)(H2,40,42,43)/t27-,31?/m0/s1. The van der Waals surface area contributed by atoms with Gasteiger partial charge in [-0.05, 0) is 80.8 Å². The number of nitrogens with one attached hydrogen (secondary N) is 1. The number of aromatic nitrogens is 4. The predicted octanol–water partition coefficient (Wildman–Crippen LogP) is 5.42. The summed E-state index contributed by atoms with van der Waals surface area (Å²) in [6.07, 6.45) is -3.84. The second-order valence-corrected chi connectivity index (χ2v) is 13.2. The molecule has 0 bridgehead atoms. The number of halogens is 3. The quantitative estimate of drug-likeness (QED) is 0.195. The Morgan fingerprint density at radius 3 is 2.33 bits per heavy atom. The lowest BCUT2D eigenvalue weighted by atomic mass is 9.76. The highest BCUT2D eigenvalue weighted by Gasteiger charge is 2.46. The van der Waals surface area contributed by atoms with Gasteiger partial charge in [-0.2, -0.15) is 28.2 Å². The molecule has 2 aromatic heterocycles. The average molecular weight is 707 g/mol. The molecule has 1 unspecified atom stereocenters. The van der Waals surface area contributed by atoms with Gasteiger partial charge in [0.1, 0.15) is 11.9 Å². The Labute approximate surface area is 293 Å². The Morgan fingerprint density at radius 1 is 1.06 bits per heavy atom. The van der Waals surface area contributed by atoms with Gasteiger partial charge in [0, 0.05) is 56.1 Å². The van der Waals surface area contributed by atoms with Crippen LogP contribution < -0.4 is 20.7 Å². The van der Waals surface area contributed by atoms with E-state index in [1.165, 1.54) is 16.8 Å². The first-order chi connectivity index (χ1) is 24.3. The summed E-state index contributed by atoms with van der Waals surface area (Å²) in [7, 11) is 0. The molecule has 4 aromatic rings. The minimum atomic E-state index is -4.86. The molecule has 12 nitrogen and oxygen atoms in total. The number of carboxylic acids is 1. The number of piperidine rings is 1. The van der Waals surface area contributed by atoms with Gasteiger partial charge < -0.3 is 30.7 Å². The van der Waals surface area contributed by atoms with E-state index in [9.17, 15) is 27.9 Å². The highest BCUT2D eigenvalue weighted by molar-refractivity contribution is 5.94. The number of rotatable bonds is 10. The van der Waals surface area contributed by atoms with Crippen molar-refractivity contribution >= 4 is 23.6 Å².